The number of hydrogen-bond donors (Lipinski definition) is 0. The van der Waals surface area contributed by atoms with E-state index in [-0.39, 0.29) is 0 Å². The molecule has 9 rings (SSSR count). The van der Waals surface area contributed by atoms with Crippen molar-refractivity contribution in [3.63, 3.8) is 0 Å². The standard InChI is InChI=1S/C34H19N3S/c1-2-10-22-21(9-1)25-19-20(17-18-28(25)37-29-15-7-6-14-27(29)36-34(22)37)31-23-11-3-5-13-26(23)35-32-24-12-4-8-16-30(24)38-33(31)32/h1-19H. The SMILES string of the molecule is c1ccc2c(-c3ccc4c(c3)c3ccccc3c3nc5ccccc5n43)c3sc4ccccc4c3nc2c1. The zero-order chi connectivity index (χ0) is 24.8. The molecular weight excluding hydrogens is 482 g/mol. The molecule has 5 aromatic carbocycles. The van der Waals surface area contributed by atoms with Gasteiger partial charge in [0.25, 0.3) is 0 Å². The van der Waals surface area contributed by atoms with E-state index < -0.39 is 0 Å². The second-order valence-electron chi connectivity index (χ2n) is 9.82. The summed E-state index contributed by atoms with van der Waals surface area (Å²) in [6.07, 6.45) is 0. The van der Waals surface area contributed by atoms with E-state index in [0.717, 1.165) is 27.7 Å². The van der Waals surface area contributed by atoms with Gasteiger partial charge in [-0.25, -0.2) is 9.97 Å². The summed E-state index contributed by atoms with van der Waals surface area (Å²) in [5.74, 6) is 0. The Balaban J connectivity index is 1.47. The number of pyridine rings is 2. The largest absolute Gasteiger partial charge is 0.292 e. The minimum atomic E-state index is 1.00. The van der Waals surface area contributed by atoms with Gasteiger partial charge in [-0.05, 0) is 47.3 Å². The van der Waals surface area contributed by atoms with Gasteiger partial charge in [-0.1, -0.05) is 78.9 Å². The molecule has 0 saturated carbocycles. The van der Waals surface area contributed by atoms with E-state index in [1.807, 2.05) is 11.3 Å². The molecule has 0 aliphatic heterocycles. The Hall–Kier alpha value is -4.80. The van der Waals surface area contributed by atoms with Crippen LogP contribution >= 0.6 is 11.3 Å². The third-order valence-corrected chi connectivity index (χ3v) is 8.92. The van der Waals surface area contributed by atoms with Crippen molar-refractivity contribution in [2.45, 2.75) is 0 Å². The van der Waals surface area contributed by atoms with Crippen LogP contribution < -0.4 is 0 Å². The third-order valence-electron chi connectivity index (χ3n) is 7.75. The summed E-state index contributed by atoms with van der Waals surface area (Å²) in [7, 11) is 0. The Morgan fingerprint density at radius 3 is 2.13 bits per heavy atom. The summed E-state index contributed by atoms with van der Waals surface area (Å²) in [6.45, 7) is 0. The number of aromatic nitrogens is 3. The fourth-order valence-electron chi connectivity index (χ4n) is 6.09. The first-order valence-electron chi connectivity index (χ1n) is 12.8. The van der Waals surface area contributed by atoms with Crippen LogP contribution in [0.2, 0.25) is 0 Å². The Labute approximate surface area is 221 Å². The Morgan fingerprint density at radius 2 is 1.24 bits per heavy atom. The molecule has 0 aliphatic carbocycles. The molecule has 3 nitrogen and oxygen atoms in total. The van der Waals surface area contributed by atoms with E-state index >= 15 is 0 Å². The summed E-state index contributed by atoms with van der Waals surface area (Å²) in [6, 6.07) is 41.1. The fourth-order valence-corrected chi connectivity index (χ4v) is 7.31. The van der Waals surface area contributed by atoms with Crippen LogP contribution in [0.3, 0.4) is 0 Å². The van der Waals surface area contributed by atoms with Crippen LogP contribution in [0.4, 0.5) is 0 Å². The van der Waals surface area contributed by atoms with Gasteiger partial charge in [0, 0.05) is 31.8 Å². The zero-order valence-electron chi connectivity index (χ0n) is 20.2. The van der Waals surface area contributed by atoms with E-state index in [9.17, 15) is 0 Å². The van der Waals surface area contributed by atoms with Crippen LogP contribution in [0, 0.1) is 0 Å². The highest BCUT2D eigenvalue weighted by atomic mass is 32.1. The lowest BCUT2D eigenvalue weighted by atomic mass is 9.96. The quantitative estimate of drug-likeness (QED) is 0.210. The van der Waals surface area contributed by atoms with Crippen molar-refractivity contribution in [3.8, 4) is 11.1 Å². The molecule has 0 fully saturated rings. The summed E-state index contributed by atoms with van der Waals surface area (Å²) < 4.78 is 4.82. The van der Waals surface area contributed by atoms with Crippen molar-refractivity contribution in [1.82, 2.24) is 14.4 Å². The smallest absolute Gasteiger partial charge is 0.146 e. The van der Waals surface area contributed by atoms with Crippen LogP contribution in [0.5, 0.6) is 0 Å². The van der Waals surface area contributed by atoms with Crippen molar-refractivity contribution in [1.29, 1.82) is 0 Å². The monoisotopic (exact) mass is 501 g/mol. The summed E-state index contributed by atoms with van der Waals surface area (Å²) in [5.41, 5.74) is 8.90. The van der Waals surface area contributed by atoms with Gasteiger partial charge in [-0.2, -0.15) is 0 Å². The lowest BCUT2D eigenvalue weighted by Crippen LogP contribution is -1.93. The Morgan fingerprint density at radius 1 is 0.526 bits per heavy atom. The number of rotatable bonds is 1. The summed E-state index contributed by atoms with van der Waals surface area (Å²) in [4.78, 5) is 10.2. The maximum atomic E-state index is 5.13. The highest BCUT2D eigenvalue weighted by Crippen LogP contribution is 2.44. The third kappa shape index (κ3) is 2.62. The number of benzene rings is 5. The van der Waals surface area contributed by atoms with Gasteiger partial charge >= 0.3 is 0 Å². The molecule has 4 heterocycles. The predicted octanol–water partition coefficient (Wildman–Crippen LogP) is 9.38. The number of fused-ring (bicyclic) bond motifs is 12. The van der Waals surface area contributed by atoms with Gasteiger partial charge in [0.05, 0.1) is 32.3 Å². The average Bonchev–Trinajstić information content (AvgIpc) is 3.55. The maximum Gasteiger partial charge on any atom is 0.146 e. The van der Waals surface area contributed by atoms with Crippen molar-refractivity contribution in [2.75, 3.05) is 0 Å². The molecule has 0 saturated heterocycles. The van der Waals surface area contributed by atoms with Crippen LogP contribution in [-0.2, 0) is 0 Å². The zero-order valence-corrected chi connectivity index (χ0v) is 21.0. The minimum Gasteiger partial charge on any atom is -0.292 e. The lowest BCUT2D eigenvalue weighted by molar-refractivity contribution is 1.31. The molecule has 176 valence electrons. The molecule has 4 aromatic heterocycles. The molecular formula is C34H19N3S. The van der Waals surface area contributed by atoms with Crippen molar-refractivity contribution >= 4 is 80.9 Å². The molecule has 0 aliphatic rings. The van der Waals surface area contributed by atoms with Crippen molar-refractivity contribution in [2.24, 2.45) is 0 Å². The Kier molecular flexibility index (Phi) is 3.93. The van der Waals surface area contributed by atoms with Gasteiger partial charge in [-0.15, -0.1) is 11.3 Å². The van der Waals surface area contributed by atoms with Gasteiger partial charge in [0.2, 0.25) is 0 Å². The number of hydrogen-bond acceptors (Lipinski definition) is 3. The first kappa shape index (κ1) is 20.3. The fraction of sp³-hybridized carbons (Fsp3) is 0. The summed E-state index contributed by atoms with van der Waals surface area (Å²) in [5, 5.41) is 6.02. The number of para-hydroxylation sites is 3. The predicted molar refractivity (Wildman–Crippen MR) is 161 cm³/mol. The van der Waals surface area contributed by atoms with E-state index in [4.69, 9.17) is 9.97 Å². The second kappa shape index (κ2) is 7.37. The van der Waals surface area contributed by atoms with Gasteiger partial charge < -0.3 is 0 Å². The molecule has 0 unspecified atom stereocenters. The van der Waals surface area contributed by atoms with Gasteiger partial charge in [0.15, 0.2) is 0 Å². The maximum absolute atomic E-state index is 5.13. The van der Waals surface area contributed by atoms with Crippen molar-refractivity contribution < 1.29 is 0 Å². The molecule has 0 radical (unpaired) electrons. The van der Waals surface area contributed by atoms with E-state index in [0.29, 0.717) is 0 Å². The van der Waals surface area contributed by atoms with E-state index in [2.05, 4.69) is 120 Å². The molecule has 38 heavy (non-hydrogen) atoms. The molecule has 0 atom stereocenters. The molecule has 0 amide bonds. The van der Waals surface area contributed by atoms with E-state index in [1.54, 1.807) is 0 Å². The minimum absolute atomic E-state index is 1.00. The first-order valence-corrected chi connectivity index (χ1v) is 13.6. The average molecular weight is 502 g/mol. The normalized spacial score (nSPS) is 12.2. The van der Waals surface area contributed by atoms with Crippen LogP contribution in [0.25, 0.3) is 80.7 Å². The highest BCUT2D eigenvalue weighted by Gasteiger charge is 2.18. The topological polar surface area (TPSA) is 30.2 Å². The molecule has 0 spiro atoms. The van der Waals surface area contributed by atoms with Crippen LogP contribution in [0.15, 0.2) is 115 Å². The number of thiophene rings is 1. The molecule has 0 N–H and O–H groups in total. The number of nitrogens with zero attached hydrogens (tertiary/aromatic N) is 3. The van der Waals surface area contributed by atoms with E-state index in [1.165, 1.54) is 53.0 Å². The second-order valence-corrected chi connectivity index (χ2v) is 10.9. The first-order chi connectivity index (χ1) is 18.8. The van der Waals surface area contributed by atoms with Crippen LogP contribution in [-0.4, -0.2) is 14.4 Å². The van der Waals surface area contributed by atoms with Crippen molar-refractivity contribution in [3.05, 3.63) is 115 Å². The lowest BCUT2D eigenvalue weighted by Gasteiger charge is -2.13. The van der Waals surface area contributed by atoms with Gasteiger partial charge in [-0.3, -0.25) is 4.40 Å². The number of imidazole rings is 1. The molecule has 9 aromatic rings. The molecule has 4 heteroatoms. The van der Waals surface area contributed by atoms with Crippen LogP contribution in [0.1, 0.15) is 0 Å². The van der Waals surface area contributed by atoms with Gasteiger partial charge in [0.1, 0.15) is 5.65 Å². The molecule has 0 bridgehead atoms. The highest BCUT2D eigenvalue weighted by molar-refractivity contribution is 7.26. The Bertz CT molecular complexity index is 2410. The summed E-state index contributed by atoms with van der Waals surface area (Å²) >= 11 is 1.84.